The Labute approximate surface area is 145 Å². The molecular formula is C18H21F2N3O2. The number of halogens is 2. The van der Waals surface area contributed by atoms with Crippen LogP contribution < -0.4 is 10.6 Å². The first-order valence-electron chi connectivity index (χ1n) is 8.35. The van der Waals surface area contributed by atoms with Crippen molar-refractivity contribution in [3.8, 4) is 0 Å². The van der Waals surface area contributed by atoms with E-state index in [1.807, 2.05) is 12.1 Å². The molecule has 25 heavy (non-hydrogen) atoms. The predicted molar refractivity (Wildman–Crippen MR) is 90.1 cm³/mol. The highest BCUT2D eigenvalue weighted by molar-refractivity contribution is 5.89. The second-order valence-electron chi connectivity index (χ2n) is 6.23. The fraction of sp³-hybridized carbons (Fsp3) is 0.389. The van der Waals surface area contributed by atoms with Crippen LogP contribution in [0.3, 0.4) is 0 Å². The van der Waals surface area contributed by atoms with Gasteiger partial charge in [-0.05, 0) is 56.1 Å². The molecule has 1 saturated heterocycles. The summed E-state index contributed by atoms with van der Waals surface area (Å²) >= 11 is 0. The molecule has 1 aromatic carbocycles. The van der Waals surface area contributed by atoms with Gasteiger partial charge in [0, 0.05) is 6.54 Å². The SMILES string of the molecule is O=C(NCC1CCN(Cc2ccco2)CC1)Nc1c(F)cccc1F. The first-order valence-corrected chi connectivity index (χ1v) is 8.35. The number of anilines is 1. The standard InChI is InChI=1S/C18H21F2N3O2/c19-15-4-1-5-16(20)17(15)22-18(24)21-11-13-6-8-23(9-7-13)12-14-3-2-10-25-14/h1-5,10,13H,6-9,11-12H2,(H2,21,22,24). The van der Waals surface area contributed by atoms with E-state index < -0.39 is 23.4 Å². The Morgan fingerprint density at radius 1 is 1.16 bits per heavy atom. The lowest BCUT2D eigenvalue weighted by molar-refractivity contribution is 0.165. The summed E-state index contributed by atoms with van der Waals surface area (Å²) < 4.78 is 32.4. The number of urea groups is 1. The second kappa shape index (κ2) is 8.11. The Hall–Kier alpha value is -2.41. The van der Waals surface area contributed by atoms with Crippen LogP contribution in [0.25, 0.3) is 0 Å². The predicted octanol–water partition coefficient (Wildman–Crippen LogP) is 3.59. The number of nitrogens with one attached hydrogen (secondary N) is 2. The van der Waals surface area contributed by atoms with E-state index in [2.05, 4.69) is 15.5 Å². The molecule has 2 amide bonds. The molecule has 0 atom stereocenters. The van der Waals surface area contributed by atoms with Crippen molar-refractivity contribution in [3.63, 3.8) is 0 Å². The van der Waals surface area contributed by atoms with E-state index in [-0.39, 0.29) is 0 Å². The van der Waals surface area contributed by atoms with Crippen molar-refractivity contribution in [1.82, 2.24) is 10.2 Å². The van der Waals surface area contributed by atoms with Gasteiger partial charge in [-0.3, -0.25) is 4.90 Å². The van der Waals surface area contributed by atoms with Gasteiger partial charge in [-0.1, -0.05) is 6.07 Å². The van der Waals surface area contributed by atoms with E-state index in [1.165, 1.54) is 6.07 Å². The zero-order valence-corrected chi connectivity index (χ0v) is 13.8. The van der Waals surface area contributed by atoms with Crippen LogP contribution in [0.2, 0.25) is 0 Å². The van der Waals surface area contributed by atoms with Crippen LogP contribution in [-0.2, 0) is 6.54 Å². The van der Waals surface area contributed by atoms with Crippen LogP contribution in [0.15, 0.2) is 41.0 Å². The van der Waals surface area contributed by atoms with Gasteiger partial charge in [-0.2, -0.15) is 0 Å². The van der Waals surface area contributed by atoms with Crippen LogP contribution in [-0.4, -0.2) is 30.6 Å². The maximum Gasteiger partial charge on any atom is 0.319 e. The van der Waals surface area contributed by atoms with E-state index in [4.69, 9.17) is 4.42 Å². The number of hydrogen-bond donors (Lipinski definition) is 2. The van der Waals surface area contributed by atoms with Gasteiger partial charge in [0.25, 0.3) is 0 Å². The summed E-state index contributed by atoms with van der Waals surface area (Å²) in [6, 6.07) is 6.70. The first-order chi connectivity index (χ1) is 12.1. The molecule has 0 saturated carbocycles. The molecule has 1 aromatic heterocycles. The molecule has 0 aliphatic carbocycles. The number of likely N-dealkylation sites (tertiary alicyclic amines) is 1. The molecule has 0 spiro atoms. The zero-order chi connectivity index (χ0) is 17.6. The quantitative estimate of drug-likeness (QED) is 0.867. The molecule has 0 radical (unpaired) electrons. The molecule has 3 rings (SSSR count). The largest absolute Gasteiger partial charge is 0.468 e. The number of nitrogens with zero attached hydrogens (tertiary/aromatic N) is 1. The van der Waals surface area contributed by atoms with E-state index in [0.717, 1.165) is 50.4 Å². The fourth-order valence-corrected chi connectivity index (χ4v) is 2.98. The number of amides is 2. The third-order valence-corrected chi connectivity index (χ3v) is 4.42. The van der Waals surface area contributed by atoms with Crippen molar-refractivity contribution in [2.75, 3.05) is 25.0 Å². The topological polar surface area (TPSA) is 57.5 Å². The summed E-state index contributed by atoms with van der Waals surface area (Å²) in [5.41, 5.74) is -0.423. The molecule has 0 bridgehead atoms. The van der Waals surface area contributed by atoms with Crippen LogP contribution in [0.4, 0.5) is 19.3 Å². The monoisotopic (exact) mass is 349 g/mol. The Kier molecular flexibility index (Phi) is 5.65. The Morgan fingerprint density at radius 2 is 1.88 bits per heavy atom. The lowest BCUT2D eigenvalue weighted by Crippen LogP contribution is -2.39. The molecule has 2 aromatic rings. The van der Waals surface area contributed by atoms with Crippen LogP contribution >= 0.6 is 0 Å². The van der Waals surface area contributed by atoms with Crippen molar-refractivity contribution in [2.24, 2.45) is 5.92 Å². The molecule has 0 unspecified atom stereocenters. The summed E-state index contributed by atoms with van der Waals surface area (Å²) in [6.07, 6.45) is 3.58. The van der Waals surface area contributed by atoms with Crippen LogP contribution in [0.1, 0.15) is 18.6 Å². The van der Waals surface area contributed by atoms with E-state index in [0.29, 0.717) is 12.5 Å². The lowest BCUT2D eigenvalue weighted by Gasteiger charge is -2.31. The van der Waals surface area contributed by atoms with Crippen molar-refractivity contribution < 1.29 is 18.0 Å². The van der Waals surface area contributed by atoms with Gasteiger partial charge in [-0.15, -0.1) is 0 Å². The summed E-state index contributed by atoms with van der Waals surface area (Å²) in [7, 11) is 0. The number of para-hydroxylation sites is 1. The maximum absolute atomic E-state index is 13.5. The Morgan fingerprint density at radius 3 is 2.52 bits per heavy atom. The van der Waals surface area contributed by atoms with Crippen molar-refractivity contribution in [1.29, 1.82) is 0 Å². The van der Waals surface area contributed by atoms with E-state index in [1.54, 1.807) is 6.26 Å². The minimum atomic E-state index is -0.790. The van der Waals surface area contributed by atoms with E-state index >= 15 is 0 Å². The number of benzene rings is 1. The molecule has 1 fully saturated rings. The van der Waals surface area contributed by atoms with Crippen LogP contribution in [0.5, 0.6) is 0 Å². The molecule has 1 aliphatic heterocycles. The average Bonchev–Trinajstić information content (AvgIpc) is 3.11. The smallest absolute Gasteiger partial charge is 0.319 e. The van der Waals surface area contributed by atoms with Gasteiger partial charge in [0.05, 0.1) is 12.8 Å². The van der Waals surface area contributed by atoms with Gasteiger partial charge < -0.3 is 15.1 Å². The molecular weight excluding hydrogens is 328 g/mol. The van der Waals surface area contributed by atoms with Crippen LogP contribution in [0, 0.1) is 17.6 Å². The number of hydrogen-bond acceptors (Lipinski definition) is 3. The zero-order valence-electron chi connectivity index (χ0n) is 13.8. The Balaban J connectivity index is 1.40. The van der Waals surface area contributed by atoms with E-state index in [9.17, 15) is 13.6 Å². The lowest BCUT2D eigenvalue weighted by atomic mass is 9.97. The molecule has 2 N–H and O–H groups in total. The minimum Gasteiger partial charge on any atom is -0.468 e. The summed E-state index contributed by atoms with van der Waals surface area (Å²) in [4.78, 5) is 14.2. The molecule has 2 heterocycles. The third-order valence-electron chi connectivity index (χ3n) is 4.42. The highest BCUT2D eigenvalue weighted by Crippen LogP contribution is 2.20. The third kappa shape index (κ3) is 4.79. The molecule has 1 aliphatic rings. The van der Waals surface area contributed by atoms with Gasteiger partial charge in [0.1, 0.15) is 23.1 Å². The second-order valence-corrected chi connectivity index (χ2v) is 6.23. The number of carbonyl (C=O) groups excluding carboxylic acids is 1. The fourth-order valence-electron chi connectivity index (χ4n) is 2.98. The highest BCUT2D eigenvalue weighted by Gasteiger charge is 2.20. The number of piperidine rings is 1. The van der Waals surface area contributed by atoms with Gasteiger partial charge in [-0.25, -0.2) is 13.6 Å². The normalized spacial score (nSPS) is 15.9. The summed E-state index contributed by atoms with van der Waals surface area (Å²) in [5.74, 6) is -0.283. The van der Waals surface area contributed by atoms with Gasteiger partial charge >= 0.3 is 6.03 Å². The molecule has 7 heteroatoms. The summed E-state index contributed by atoms with van der Waals surface area (Å²) in [6.45, 7) is 3.13. The number of furan rings is 1. The van der Waals surface area contributed by atoms with Crippen molar-refractivity contribution in [2.45, 2.75) is 19.4 Å². The van der Waals surface area contributed by atoms with Gasteiger partial charge in [0.2, 0.25) is 0 Å². The Bertz CT molecular complexity index is 678. The number of carbonyl (C=O) groups is 1. The molecule has 5 nitrogen and oxygen atoms in total. The highest BCUT2D eigenvalue weighted by atomic mass is 19.1. The minimum absolute atomic E-state index is 0.351. The van der Waals surface area contributed by atoms with Gasteiger partial charge in [0.15, 0.2) is 0 Å². The molecule has 134 valence electrons. The first kappa shape index (κ1) is 17.4. The average molecular weight is 349 g/mol. The van der Waals surface area contributed by atoms with Crippen molar-refractivity contribution in [3.05, 3.63) is 54.0 Å². The summed E-state index contributed by atoms with van der Waals surface area (Å²) in [5, 5.41) is 4.93. The van der Waals surface area contributed by atoms with Crippen molar-refractivity contribution >= 4 is 11.7 Å². The maximum atomic E-state index is 13.5. The number of rotatable bonds is 5.